The molecule has 2 rings (SSSR count). The van der Waals surface area contributed by atoms with Crippen molar-refractivity contribution in [3.63, 3.8) is 0 Å². The van der Waals surface area contributed by atoms with E-state index in [0.29, 0.717) is 12.2 Å². The van der Waals surface area contributed by atoms with Crippen molar-refractivity contribution in [1.82, 2.24) is 5.32 Å². The Morgan fingerprint density at radius 3 is 2.40 bits per heavy atom. The molecule has 0 spiro atoms. The van der Waals surface area contributed by atoms with Crippen molar-refractivity contribution < 1.29 is 9.59 Å². The van der Waals surface area contributed by atoms with Gasteiger partial charge in [0.1, 0.15) is 0 Å². The summed E-state index contributed by atoms with van der Waals surface area (Å²) in [7, 11) is 0. The van der Waals surface area contributed by atoms with Crippen LogP contribution in [-0.4, -0.2) is 11.8 Å². The SMILES string of the molecule is Cc1cccc(C(C)C)c1NC(=O)C(=O)NCc1cccc(CN)c1. The summed E-state index contributed by atoms with van der Waals surface area (Å²) in [6.07, 6.45) is 0. The highest BCUT2D eigenvalue weighted by Crippen LogP contribution is 2.27. The topological polar surface area (TPSA) is 84.2 Å². The number of nitrogens with one attached hydrogen (secondary N) is 2. The number of hydrogen-bond acceptors (Lipinski definition) is 3. The molecule has 0 saturated heterocycles. The molecule has 2 aromatic rings. The summed E-state index contributed by atoms with van der Waals surface area (Å²) in [6.45, 7) is 6.74. The lowest BCUT2D eigenvalue weighted by atomic mass is 9.98. The fourth-order valence-electron chi connectivity index (χ4n) is 2.64. The Hall–Kier alpha value is -2.66. The van der Waals surface area contributed by atoms with Gasteiger partial charge in [0.05, 0.1) is 0 Å². The van der Waals surface area contributed by atoms with E-state index in [-0.39, 0.29) is 12.5 Å². The third-order valence-electron chi connectivity index (χ3n) is 4.05. The molecule has 2 aromatic carbocycles. The maximum absolute atomic E-state index is 12.2. The van der Waals surface area contributed by atoms with E-state index >= 15 is 0 Å². The Morgan fingerprint density at radius 1 is 1.04 bits per heavy atom. The standard InChI is InChI=1S/C20H25N3O2/c1-13(2)17-9-4-6-14(3)18(17)23-20(25)19(24)22-12-16-8-5-7-15(10-16)11-21/h4-10,13H,11-12,21H2,1-3H3,(H,22,24)(H,23,25). The highest BCUT2D eigenvalue weighted by atomic mass is 16.2. The maximum atomic E-state index is 12.2. The summed E-state index contributed by atoms with van der Waals surface area (Å²) in [5.41, 5.74) is 10.2. The van der Waals surface area contributed by atoms with Gasteiger partial charge in [0, 0.05) is 18.8 Å². The molecular formula is C20H25N3O2. The zero-order valence-corrected chi connectivity index (χ0v) is 14.9. The van der Waals surface area contributed by atoms with Gasteiger partial charge in [0.25, 0.3) is 0 Å². The monoisotopic (exact) mass is 339 g/mol. The predicted octanol–water partition coefficient (Wildman–Crippen LogP) is 2.83. The minimum atomic E-state index is -0.661. The van der Waals surface area contributed by atoms with Crippen molar-refractivity contribution in [1.29, 1.82) is 0 Å². The lowest BCUT2D eigenvalue weighted by Gasteiger charge is -2.16. The van der Waals surface area contributed by atoms with Crippen molar-refractivity contribution in [3.05, 3.63) is 64.7 Å². The molecule has 0 aromatic heterocycles. The van der Waals surface area contributed by atoms with Crippen molar-refractivity contribution in [2.24, 2.45) is 5.73 Å². The van der Waals surface area contributed by atoms with Crippen molar-refractivity contribution in [2.45, 2.75) is 39.8 Å². The van der Waals surface area contributed by atoms with Gasteiger partial charge in [0.2, 0.25) is 0 Å². The first-order chi connectivity index (χ1) is 11.9. The van der Waals surface area contributed by atoms with Gasteiger partial charge in [-0.2, -0.15) is 0 Å². The third kappa shape index (κ3) is 4.90. The van der Waals surface area contributed by atoms with Crippen LogP contribution in [0.1, 0.15) is 42.0 Å². The molecule has 0 fully saturated rings. The van der Waals surface area contributed by atoms with Crippen LogP contribution in [0, 0.1) is 6.92 Å². The predicted molar refractivity (Wildman–Crippen MR) is 100 cm³/mol. The lowest BCUT2D eigenvalue weighted by molar-refractivity contribution is -0.136. The zero-order valence-electron chi connectivity index (χ0n) is 14.9. The van der Waals surface area contributed by atoms with E-state index in [2.05, 4.69) is 24.5 Å². The van der Waals surface area contributed by atoms with Gasteiger partial charge in [-0.15, -0.1) is 0 Å². The second-order valence-corrected chi connectivity index (χ2v) is 6.35. The van der Waals surface area contributed by atoms with Crippen LogP contribution in [0.3, 0.4) is 0 Å². The number of carbonyl (C=O) groups excluding carboxylic acids is 2. The molecule has 4 N–H and O–H groups in total. The minimum absolute atomic E-state index is 0.247. The fraction of sp³-hybridized carbons (Fsp3) is 0.300. The molecule has 0 aliphatic carbocycles. The summed E-state index contributed by atoms with van der Waals surface area (Å²) in [6, 6.07) is 13.4. The number of anilines is 1. The first-order valence-electron chi connectivity index (χ1n) is 8.39. The van der Waals surface area contributed by atoms with Crippen LogP contribution in [0.2, 0.25) is 0 Å². The minimum Gasteiger partial charge on any atom is -0.344 e. The fourth-order valence-corrected chi connectivity index (χ4v) is 2.64. The summed E-state index contributed by atoms with van der Waals surface area (Å²) in [5.74, 6) is -1.07. The van der Waals surface area contributed by atoms with E-state index in [0.717, 1.165) is 22.3 Å². The van der Waals surface area contributed by atoms with Crippen LogP contribution >= 0.6 is 0 Å². The van der Waals surface area contributed by atoms with Crippen molar-refractivity contribution in [2.75, 3.05) is 5.32 Å². The Morgan fingerprint density at radius 2 is 1.72 bits per heavy atom. The summed E-state index contributed by atoms with van der Waals surface area (Å²) in [4.78, 5) is 24.4. The first kappa shape index (κ1) is 18.7. The Bertz CT molecular complexity index is 769. The Labute approximate surface area is 148 Å². The smallest absolute Gasteiger partial charge is 0.313 e. The van der Waals surface area contributed by atoms with E-state index in [1.807, 2.05) is 49.4 Å². The maximum Gasteiger partial charge on any atom is 0.313 e. The highest BCUT2D eigenvalue weighted by Gasteiger charge is 2.17. The van der Waals surface area contributed by atoms with Gasteiger partial charge in [-0.1, -0.05) is 56.3 Å². The summed E-state index contributed by atoms with van der Waals surface area (Å²) in [5, 5.41) is 5.39. The molecule has 2 amide bonds. The van der Waals surface area contributed by atoms with E-state index < -0.39 is 11.8 Å². The molecule has 5 nitrogen and oxygen atoms in total. The highest BCUT2D eigenvalue weighted by molar-refractivity contribution is 6.39. The van der Waals surface area contributed by atoms with Gasteiger partial charge < -0.3 is 16.4 Å². The molecule has 0 atom stereocenters. The van der Waals surface area contributed by atoms with Gasteiger partial charge in [-0.25, -0.2) is 0 Å². The van der Waals surface area contributed by atoms with Gasteiger partial charge in [-0.05, 0) is 35.1 Å². The Balaban J connectivity index is 2.02. The van der Waals surface area contributed by atoms with Crippen LogP contribution in [0.4, 0.5) is 5.69 Å². The van der Waals surface area contributed by atoms with Gasteiger partial charge in [0.15, 0.2) is 0 Å². The number of para-hydroxylation sites is 1. The van der Waals surface area contributed by atoms with Crippen molar-refractivity contribution in [3.8, 4) is 0 Å². The first-order valence-corrected chi connectivity index (χ1v) is 8.39. The number of rotatable bonds is 5. The summed E-state index contributed by atoms with van der Waals surface area (Å²) >= 11 is 0. The van der Waals surface area contributed by atoms with Crippen LogP contribution in [0.25, 0.3) is 0 Å². The van der Waals surface area contributed by atoms with Crippen LogP contribution < -0.4 is 16.4 Å². The number of aryl methyl sites for hydroxylation is 1. The van der Waals surface area contributed by atoms with Crippen LogP contribution in [0.5, 0.6) is 0 Å². The molecule has 0 aliphatic rings. The molecule has 0 unspecified atom stereocenters. The summed E-state index contributed by atoms with van der Waals surface area (Å²) < 4.78 is 0. The molecular weight excluding hydrogens is 314 g/mol. The lowest BCUT2D eigenvalue weighted by Crippen LogP contribution is -2.35. The average Bonchev–Trinajstić information content (AvgIpc) is 2.61. The molecule has 0 aliphatic heterocycles. The van der Waals surface area contributed by atoms with Crippen LogP contribution in [-0.2, 0) is 22.7 Å². The zero-order chi connectivity index (χ0) is 18.4. The number of benzene rings is 2. The normalized spacial score (nSPS) is 10.6. The number of carbonyl (C=O) groups is 2. The van der Waals surface area contributed by atoms with Gasteiger partial charge >= 0.3 is 11.8 Å². The van der Waals surface area contributed by atoms with Gasteiger partial charge in [-0.3, -0.25) is 9.59 Å². The molecule has 0 radical (unpaired) electrons. The van der Waals surface area contributed by atoms with Crippen LogP contribution in [0.15, 0.2) is 42.5 Å². The number of amides is 2. The van der Waals surface area contributed by atoms with E-state index in [1.165, 1.54) is 0 Å². The number of hydrogen-bond donors (Lipinski definition) is 3. The molecule has 0 heterocycles. The molecule has 0 bridgehead atoms. The Kier molecular flexibility index (Phi) is 6.31. The molecule has 132 valence electrons. The molecule has 25 heavy (non-hydrogen) atoms. The third-order valence-corrected chi connectivity index (χ3v) is 4.05. The molecule has 5 heteroatoms. The van der Waals surface area contributed by atoms with E-state index in [1.54, 1.807) is 0 Å². The number of nitrogens with two attached hydrogens (primary N) is 1. The quantitative estimate of drug-likeness (QED) is 0.732. The van der Waals surface area contributed by atoms with Crippen molar-refractivity contribution >= 4 is 17.5 Å². The molecule has 0 saturated carbocycles. The van der Waals surface area contributed by atoms with E-state index in [9.17, 15) is 9.59 Å². The average molecular weight is 339 g/mol. The second kappa shape index (κ2) is 8.44. The largest absolute Gasteiger partial charge is 0.344 e. The van der Waals surface area contributed by atoms with E-state index in [4.69, 9.17) is 5.73 Å². The second-order valence-electron chi connectivity index (χ2n) is 6.35.